The number of halogens is 1. The molecular formula is C22H21FN2O4S. The summed E-state index contributed by atoms with van der Waals surface area (Å²) in [5.41, 5.74) is 1.82. The van der Waals surface area contributed by atoms with Gasteiger partial charge in [0.05, 0.1) is 18.5 Å². The SMILES string of the molecule is CS(=O)(=O)Nc1cc(C(=O)NCCOc2ccccc2-c2ccccc2)ccc1F. The molecule has 0 aliphatic rings. The van der Waals surface area contributed by atoms with Crippen molar-refractivity contribution in [1.82, 2.24) is 5.32 Å². The van der Waals surface area contributed by atoms with Crippen LogP contribution in [0.2, 0.25) is 0 Å². The molecule has 0 unspecified atom stereocenters. The lowest BCUT2D eigenvalue weighted by atomic mass is 10.1. The van der Waals surface area contributed by atoms with E-state index in [0.29, 0.717) is 5.75 Å². The fourth-order valence-electron chi connectivity index (χ4n) is 2.82. The van der Waals surface area contributed by atoms with E-state index in [1.165, 1.54) is 6.07 Å². The molecule has 30 heavy (non-hydrogen) atoms. The average molecular weight is 428 g/mol. The highest BCUT2D eigenvalue weighted by Crippen LogP contribution is 2.29. The van der Waals surface area contributed by atoms with Gasteiger partial charge in [-0.25, -0.2) is 12.8 Å². The molecule has 0 saturated heterocycles. The predicted octanol–water partition coefficient (Wildman–Crippen LogP) is 3.67. The number of sulfonamides is 1. The van der Waals surface area contributed by atoms with Crippen LogP contribution in [-0.4, -0.2) is 33.7 Å². The lowest BCUT2D eigenvalue weighted by molar-refractivity contribution is 0.0947. The first-order chi connectivity index (χ1) is 14.3. The monoisotopic (exact) mass is 428 g/mol. The molecule has 0 heterocycles. The van der Waals surface area contributed by atoms with E-state index >= 15 is 0 Å². The van der Waals surface area contributed by atoms with E-state index in [2.05, 4.69) is 5.32 Å². The second-order valence-corrected chi connectivity index (χ2v) is 8.28. The first-order valence-corrected chi connectivity index (χ1v) is 11.1. The predicted molar refractivity (Wildman–Crippen MR) is 115 cm³/mol. The summed E-state index contributed by atoms with van der Waals surface area (Å²) in [7, 11) is -3.66. The smallest absolute Gasteiger partial charge is 0.251 e. The van der Waals surface area contributed by atoms with Gasteiger partial charge in [-0.2, -0.15) is 0 Å². The molecule has 0 aromatic heterocycles. The highest BCUT2D eigenvalue weighted by Gasteiger charge is 2.12. The van der Waals surface area contributed by atoms with Crippen LogP contribution in [0.3, 0.4) is 0 Å². The standard InChI is InChI=1S/C22H21FN2O4S/c1-30(27,28)25-20-15-17(11-12-19(20)23)22(26)24-13-14-29-21-10-6-5-9-18(21)16-7-3-2-4-8-16/h2-12,15,25H,13-14H2,1H3,(H,24,26). The van der Waals surface area contributed by atoms with Crippen molar-refractivity contribution in [2.24, 2.45) is 0 Å². The molecule has 8 heteroatoms. The Morgan fingerprint density at radius 1 is 1.00 bits per heavy atom. The van der Waals surface area contributed by atoms with Gasteiger partial charge in [0.1, 0.15) is 18.2 Å². The third kappa shape index (κ3) is 5.81. The Labute approximate surface area is 174 Å². The number of hydrogen-bond acceptors (Lipinski definition) is 4. The van der Waals surface area contributed by atoms with Gasteiger partial charge in [-0.1, -0.05) is 48.5 Å². The fourth-order valence-corrected chi connectivity index (χ4v) is 3.38. The first-order valence-electron chi connectivity index (χ1n) is 9.16. The largest absolute Gasteiger partial charge is 0.491 e. The maximum absolute atomic E-state index is 13.8. The molecule has 0 atom stereocenters. The number of carbonyl (C=O) groups excluding carboxylic acids is 1. The van der Waals surface area contributed by atoms with E-state index < -0.39 is 21.7 Å². The maximum atomic E-state index is 13.8. The number of nitrogens with one attached hydrogen (secondary N) is 2. The highest BCUT2D eigenvalue weighted by atomic mass is 32.2. The molecule has 3 aromatic carbocycles. The zero-order valence-corrected chi connectivity index (χ0v) is 17.1. The summed E-state index contributed by atoms with van der Waals surface area (Å²) in [4.78, 5) is 12.3. The van der Waals surface area contributed by atoms with Crippen LogP contribution in [0.4, 0.5) is 10.1 Å². The number of hydrogen-bond donors (Lipinski definition) is 2. The first kappa shape index (κ1) is 21.3. The Balaban J connectivity index is 1.59. The molecule has 0 spiro atoms. The van der Waals surface area contributed by atoms with Gasteiger partial charge >= 0.3 is 0 Å². The van der Waals surface area contributed by atoms with Crippen molar-refractivity contribution >= 4 is 21.6 Å². The van der Waals surface area contributed by atoms with Crippen molar-refractivity contribution in [3.05, 3.63) is 84.2 Å². The van der Waals surface area contributed by atoms with Gasteiger partial charge in [0.25, 0.3) is 5.91 Å². The van der Waals surface area contributed by atoms with Crippen LogP contribution in [0.5, 0.6) is 5.75 Å². The van der Waals surface area contributed by atoms with E-state index in [9.17, 15) is 17.6 Å². The third-order valence-corrected chi connectivity index (χ3v) is 4.73. The summed E-state index contributed by atoms with van der Waals surface area (Å²) in [6.45, 7) is 0.444. The molecule has 1 amide bonds. The third-order valence-electron chi connectivity index (χ3n) is 4.14. The average Bonchev–Trinajstić information content (AvgIpc) is 2.72. The molecule has 156 valence electrons. The number of para-hydroxylation sites is 1. The van der Waals surface area contributed by atoms with E-state index in [1.54, 1.807) is 0 Å². The van der Waals surface area contributed by atoms with E-state index in [-0.39, 0.29) is 24.4 Å². The van der Waals surface area contributed by atoms with Crippen molar-refractivity contribution in [2.45, 2.75) is 0 Å². The fraction of sp³-hybridized carbons (Fsp3) is 0.136. The number of carbonyl (C=O) groups is 1. The molecule has 0 aliphatic carbocycles. The number of anilines is 1. The van der Waals surface area contributed by atoms with Crippen LogP contribution < -0.4 is 14.8 Å². The lowest BCUT2D eigenvalue weighted by Crippen LogP contribution is -2.28. The van der Waals surface area contributed by atoms with Gasteiger partial charge in [-0.05, 0) is 29.8 Å². The van der Waals surface area contributed by atoms with E-state index in [1.807, 2.05) is 59.3 Å². The van der Waals surface area contributed by atoms with E-state index in [0.717, 1.165) is 29.5 Å². The number of rotatable bonds is 8. The van der Waals surface area contributed by atoms with Gasteiger partial charge in [0.2, 0.25) is 10.0 Å². The quantitative estimate of drug-likeness (QED) is 0.536. The Morgan fingerprint density at radius 3 is 2.43 bits per heavy atom. The van der Waals surface area contributed by atoms with Crippen LogP contribution in [0.25, 0.3) is 11.1 Å². The second-order valence-electron chi connectivity index (χ2n) is 6.54. The minimum atomic E-state index is -3.66. The topological polar surface area (TPSA) is 84.5 Å². The molecule has 0 aliphatic heterocycles. The van der Waals surface area contributed by atoms with Gasteiger partial charge in [-0.15, -0.1) is 0 Å². The summed E-state index contributed by atoms with van der Waals surface area (Å²) in [5.74, 6) is -0.538. The normalized spacial score (nSPS) is 11.0. The molecule has 0 bridgehead atoms. The van der Waals surface area contributed by atoms with Crippen LogP contribution in [0.15, 0.2) is 72.8 Å². The maximum Gasteiger partial charge on any atom is 0.251 e. The van der Waals surface area contributed by atoms with Crippen molar-refractivity contribution in [3.63, 3.8) is 0 Å². The minimum Gasteiger partial charge on any atom is -0.491 e. The summed E-state index contributed by atoms with van der Waals surface area (Å²) in [6, 6.07) is 20.9. The molecule has 0 saturated carbocycles. The molecule has 0 radical (unpaired) electrons. The molecule has 6 nitrogen and oxygen atoms in total. The number of amides is 1. The van der Waals surface area contributed by atoms with Crippen LogP contribution in [0, 0.1) is 5.82 Å². The van der Waals surface area contributed by atoms with Crippen LogP contribution in [0.1, 0.15) is 10.4 Å². The van der Waals surface area contributed by atoms with Crippen molar-refractivity contribution in [1.29, 1.82) is 0 Å². The number of benzene rings is 3. The van der Waals surface area contributed by atoms with Crippen molar-refractivity contribution < 1.29 is 22.3 Å². The zero-order valence-electron chi connectivity index (χ0n) is 16.3. The Kier molecular flexibility index (Phi) is 6.68. The lowest BCUT2D eigenvalue weighted by Gasteiger charge is -2.12. The highest BCUT2D eigenvalue weighted by molar-refractivity contribution is 7.92. The van der Waals surface area contributed by atoms with Gasteiger partial charge in [0.15, 0.2) is 0 Å². The van der Waals surface area contributed by atoms with Crippen LogP contribution >= 0.6 is 0 Å². The summed E-state index contributed by atoms with van der Waals surface area (Å²) >= 11 is 0. The summed E-state index contributed by atoms with van der Waals surface area (Å²) < 4.78 is 44.3. The Bertz CT molecular complexity index is 1130. The summed E-state index contributed by atoms with van der Waals surface area (Å²) in [6.07, 6.45) is 0.907. The Morgan fingerprint density at radius 2 is 1.70 bits per heavy atom. The van der Waals surface area contributed by atoms with Crippen LogP contribution in [-0.2, 0) is 10.0 Å². The summed E-state index contributed by atoms with van der Waals surface area (Å²) in [5, 5.41) is 2.67. The molecular weight excluding hydrogens is 407 g/mol. The molecule has 3 aromatic rings. The van der Waals surface area contributed by atoms with Gasteiger partial charge in [0, 0.05) is 11.1 Å². The molecule has 2 N–H and O–H groups in total. The molecule has 0 fully saturated rings. The zero-order chi connectivity index (χ0) is 21.6. The minimum absolute atomic E-state index is 0.132. The van der Waals surface area contributed by atoms with Crippen molar-refractivity contribution in [2.75, 3.05) is 24.1 Å². The Hall–Kier alpha value is -3.39. The van der Waals surface area contributed by atoms with Crippen molar-refractivity contribution in [3.8, 4) is 16.9 Å². The van der Waals surface area contributed by atoms with Gasteiger partial charge in [-0.3, -0.25) is 9.52 Å². The number of ether oxygens (including phenoxy) is 1. The van der Waals surface area contributed by atoms with Gasteiger partial charge < -0.3 is 10.1 Å². The van der Waals surface area contributed by atoms with E-state index in [4.69, 9.17) is 4.74 Å². The molecule has 3 rings (SSSR count). The second kappa shape index (κ2) is 9.41.